The molecule has 1 aliphatic rings. The van der Waals surface area contributed by atoms with Crippen molar-refractivity contribution >= 4 is 17.2 Å². The summed E-state index contributed by atoms with van der Waals surface area (Å²) in [6.45, 7) is 9.43. The second-order valence-corrected chi connectivity index (χ2v) is 6.38. The maximum atomic E-state index is 5.46. The summed E-state index contributed by atoms with van der Waals surface area (Å²) in [7, 11) is 1.66. The molecule has 6 heteroatoms. The zero-order chi connectivity index (χ0) is 18.5. The monoisotopic (exact) mass is 354 g/mol. The number of morpholine rings is 1. The average molecular weight is 354 g/mol. The molecule has 0 bridgehead atoms. The third-order valence-electron chi connectivity index (χ3n) is 4.67. The van der Waals surface area contributed by atoms with Crippen LogP contribution in [0, 0.1) is 13.8 Å². The van der Waals surface area contributed by atoms with Gasteiger partial charge in [-0.25, -0.2) is 4.98 Å². The lowest BCUT2D eigenvalue weighted by Gasteiger charge is -2.30. The number of methoxy groups -OCH3 is 1. The fraction of sp³-hybridized carbons (Fsp3) is 0.400. The molecular formula is C20H26N4O2. The Balaban J connectivity index is 1.81. The predicted octanol–water partition coefficient (Wildman–Crippen LogP) is 3.38. The number of pyridine rings is 1. The van der Waals surface area contributed by atoms with Gasteiger partial charge in [-0.1, -0.05) is 12.1 Å². The lowest BCUT2D eigenvalue weighted by Crippen LogP contribution is -2.36. The Hall–Kier alpha value is -2.60. The van der Waals surface area contributed by atoms with Crippen LogP contribution in [0.4, 0.5) is 11.5 Å². The Kier molecular flexibility index (Phi) is 5.73. The van der Waals surface area contributed by atoms with Gasteiger partial charge in [-0.05, 0) is 38.5 Å². The first-order chi connectivity index (χ1) is 12.6. The number of nitrogens with one attached hydrogen (secondary N) is 1. The van der Waals surface area contributed by atoms with Gasteiger partial charge in [0.15, 0.2) is 0 Å². The molecular weight excluding hydrogens is 328 g/mol. The highest BCUT2D eigenvalue weighted by molar-refractivity contribution is 5.99. The molecule has 2 aromatic rings. The van der Waals surface area contributed by atoms with Gasteiger partial charge in [-0.3, -0.25) is 5.43 Å². The number of aryl methyl sites for hydroxylation is 1. The molecule has 0 amide bonds. The zero-order valence-electron chi connectivity index (χ0n) is 15.9. The second-order valence-electron chi connectivity index (χ2n) is 6.38. The molecule has 6 nitrogen and oxygen atoms in total. The lowest BCUT2D eigenvalue weighted by molar-refractivity contribution is 0.122. The predicted molar refractivity (Wildman–Crippen MR) is 106 cm³/mol. The van der Waals surface area contributed by atoms with Crippen LogP contribution in [0.15, 0.2) is 35.4 Å². The SMILES string of the molecule is COc1cccc(/C(C)=N/Nc2cc(N3CCOCC3)c(C)c(C)n2)c1. The number of ether oxygens (including phenoxy) is 2. The Labute approximate surface area is 154 Å². The molecule has 0 unspecified atom stereocenters. The van der Waals surface area contributed by atoms with E-state index in [1.54, 1.807) is 7.11 Å². The molecule has 1 N–H and O–H groups in total. The standard InChI is InChI=1S/C20H26N4O2/c1-14-15(2)21-20(13-19(14)24-8-10-26-11-9-24)23-22-16(3)17-6-5-7-18(12-17)25-4/h5-7,12-13H,8-11H2,1-4H3,(H,21,23)/b22-16+. The minimum absolute atomic E-state index is 0.747. The van der Waals surface area contributed by atoms with Gasteiger partial charge in [0.1, 0.15) is 11.6 Å². The van der Waals surface area contributed by atoms with Crippen molar-refractivity contribution in [2.24, 2.45) is 5.10 Å². The highest BCUT2D eigenvalue weighted by Crippen LogP contribution is 2.26. The van der Waals surface area contributed by atoms with Crippen LogP contribution in [0.1, 0.15) is 23.7 Å². The van der Waals surface area contributed by atoms with Gasteiger partial charge >= 0.3 is 0 Å². The number of hydrogen-bond acceptors (Lipinski definition) is 6. The van der Waals surface area contributed by atoms with Crippen LogP contribution in [0.25, 0.3) is 0 Å². The smallest absolute Gasteiger partial charge is 0.148 e. The normalized spacial score (nSPS) is 15.1. The topological polar surface area (TPSA) is 59.0 Å². The first kappa shape index (κ1) is 18.2. The van der Waals surface area contributed by atoms with Crippen LogP contribution < -0.4 is 15.1 Å². The van der Waals surface area contributed by atoms with Gasteiger partial charge < -0.3 is 14.4 Å². The summed E-state index contributed by atoms with van der Waals surface area (Å²) in [6.07, 6.45) is 0. The summed E-state index contributed by atoms with van der Waals surface area (Å²) >= 11 is 0. The Morgan fingerprint density at radius 2 is 2.00 bits per heavy atom. The molecule has 1 aliphatic heterocycles. The molecule has 2 heterocycles. The maximum Gasteiger partial charge on any atom is 0.148 e. The van der Waals surface area contributed by atoms with E-state index in [0.717, 1.165) is 54.8 Å². The molecule has 0 atom stereocenters. The lowest BCUT2D eigenvalue weighted by atomic mass is 10.1. The van der Waals surface area contributed by atoms with Crippen molar-refractivity contribution in [3.63, 3.8) is 0 Å². The van der Waals surface area contributed by atoms with E-state index in [1.165, 1.54) is 11.3 Å². The first-order valence-electron chi connectivity index (χ1n) is 8.84. The molecule has 0 spiro atoms. The van der Waals surface area contributed by atoms with E-state index in [0.29, 0.717) is 0 Å². The third-order valence-corrected chi connectivity index (χ3v) is 4.67. The van der Waals surface area contributed by atoms with Gasteiger partial charge in [0.05, 0.1) is 26.0 Å². The van der Waals surface area contributed by atoms with Crippen LogP contribution in [0.5, 0.6) is 5.75 Å². The number of benzene rings is 1. The highest BCUT2D eigenvalue weighted by atomic mass is 16.5. The van der Waals surface area contributed by atoms with Crippen molar-refractivity contribution < 1.29 is 9.47 Å². The molecule has 1 aromatic heterocycles. The maximum absolute atomic E-state index is 5.46. The van der Waals surface area contributed by atoms with Gasteiger partial charge in [0, 0.05) is 36.1 Å². The van der Waals surface area contributed by atoms with E-state index in [4.69, 9.17) is 9.47 Å². The molecule has 0 aliphatic carbocycles. The first-order valence-corrected chi connectivity index (χ1v) is 8.84. The van der Waals surface area contributed by atoms with E-state index in [9.17, 15) is 0 Å². The summed E-state index contributed by atoms with van der Waals surface area (Å²) in [5.74, 6) is 1.56. The zero-order valence-corrected chi connectivity index (χ0v) is 15.9. The van der Waals surface area contributed by atoms with Crippen LogP contribution in [-0.2, 0) is 4.74 Å². The summed E-state index contributed by atoms with van der Waals surface area (Å²) < 4.78 is 10.7. The van der Waals surface area contributed by atoms with E-state index in [2.05, 4.69) is 33.4 Å². The van der Waals surface area contributed by atoms with Crippen molar-refractivity contribution in [1.82, 2.24) is 4.98 Å². The Morgan fingerprint density at radius 3 is 2.73 bits per heavy atom. The van der Waals surface area contributed by atoms with Gasteiger partial charge in [0.25, 0.3) is 0 Å². The van der Waals surface area contributed by atoms with Crippen molar-refractivity contribution in [3.05, 3.63) is 47.2 Å². The third kappa shape index (κ3) is 4.14. The minimum Gasteiger partial charge on any atom is -0.497 e. The van der Waals surface area contributed by atoms with Crippen molar-refractivity contribution in [2.75, 3.05) is 43.7 Å². The van der Waals surface area contributed by atoms with Crippen molar-refractivity contribution in [2.45, 2.75) is 20.8 Å². The van der Waals surface area contributed by atoms with Gasteiger partial charge in [-0.15, -0.1) is 0 Å². The fourth-order valence-electron chi connectivity index (χ4n) is 2.96. The number of hydrazone groups is 1. The highest BCUT2D eigenvalue weighted by Gasteiger charge is 2.16. The molecule has 1 aromatic carbocycles. The largest absolute Gasteiger partial charge is 0.497 e. The quantitative estimate of drug-likeness (QED) is 0.659. The molecule has 1 fully saturated rings. The molecule has 0 radical (unpaired) electrons. The number of nitrogens with zero attached hydrogens (tertiary/aromatic N) is 3. The Morgan fingerprint density at radius 1 is 1.23 bits per heavy atom. The van der Waals surface area contributed by atoms with Gasteiger partial charge in [0.2, 0.25) is 0 Å². The van der Waals surface area contributed by atoms with E-state index in [-0.39, 0.29) is 0 Å². The van der Waals surface area contributed by atoms with E-state index in [1.807, 2.05) is 38.1 Å². The van der Waals surface area contributed by atoms with Crippen LogP contribution in [-0.4, -0.2) is 44.1 Å². The summed E-state index contributed by atoms with van der Waals surface area (Å²) in [4.78, 5) is 6.97. The van der Waals surface area contributed by atoms with E-state index < -0.39 is 0 Å². The van der Waals surface area contributed by atoms with Crippen molar-refractivity contribution in [3.8, 4) is 5.75 Å². The summed E-state index contributed by atoms with van der Waals surface area (Å²) in [5.41, 5.74) is 8.38. The van der Waals surface area contributed by atoms with Gasteiger partial charge in [-0.2, -0.15) is 5.10 Å². The molecule has 3 rings (SSSR count). The van der Waals surface area contributed by atoms with Crippen LogP contribution in [0.2, 0.25) is 0 Å². The summed E-state index contributed by atoms with van der Waals surface area (Å²) in [5, 5.41) is 4.50. The van der Waals surface area contributed by atoms with Crippen molar-refractivity contribution in [1.29, 1.82) is 0 Å². The molecule has 26 heavy (non-hydrogen) atoms. The summed E-state index contributed by atoms with van der Waals surface area (Å²) in [6, 6.07) is 9.92. The number of hydrogen-bond donors (Lipinski definition) is 1. The minimum atomic E-state index is 0.747. The average Bonchev–Trinajstić information content (AvgIpc) is 2.69. The second kappa shape index (κ2) is 8.19. The van der Waals surface area contributed by atoms with Crippen LogP contribution in [0.3, 0.4) is 0 Å². The van der Waals surface area contributed by atoms with Crippen LogP contribution >= 0.6 is 0 Å². The molecule has 0 saturated carbocycles. The van der Waals surface area contributed by atoms with E-state index >= 15 is 0 Å². The molecule has 1 saturated heterocycles. The number of rotatable bonds is 5. The fourth-order valence-corrected chi connectivity index (χ4v) is 2.96. The molecule has 138 valence electrons. The Bertz CT molecular complexity index is 798. The number of anilines is 2. The number of aromatic nitrogens is 1.